The molecule has 5 rings (SSSR count). The zero-order valence-electron chi connectivity index (χ0n) is 16.9. The number of rotatable bonds is 3. The smallest absolute Gasteiger partial charge is 0.151 e. The molecule has 5 nitrogen and oxygen atoms in total. The molecular formula is C23H26N4OS. The first-order valence-electron chi connectivity index (χ1n) is 10.3. The average Bonchev–Trinajstić information content (AvgIpc) is 3.32. The van der Waals surface area contributed by atoms with E-state index >= 15 is 0 Å². The number of nitrogens with zero attached hydrogens (tertiary/aromatic N) is 4. The summed E-state index contributed by atoms with van der Waals surface area (Å²) in [4.78, 5) is 4.05. The predicted octanol–water partition coefficient (Wildman–Crippen LogP) is 5.86. The monoisotopic (exact) mass is 406 g/mol. The lowest BCUT2D eigenvalue weighted by molar-refractivity contribution is 0.0559. The number of imidazole rings is 1. The molecule has 2 aromatic heterocycles. The van der Waals surface area contributed by atoms with Gasteiger partial charge in [0.2, 0.25) is 0 Å². The van der Waals surface area contributed by atoms with E-state index in [1.165, 1.54) is 44.1 Å². The third-order valence-corrected chi connectivity index (χ3v) is 7.41. The van der Waals surface area contributed by atoms with E-state index in [1.807, 2.05) is 22.9 Å². The minimum Gasteiger partial charge on any atom is -0.507 e. The minimum absolute atomic E-state index is 0.207. The number of phenolic OH excluding ortho intramolecular Hbond substituents is 1. The van der Waals surface area contributed by atoms with E-state index < -0.39 is 0 Å². The number of aromatic nitrogens is 4. The van der Waals surface area contributed by atoms with E-state index in [0.717, 1.165) is 21.3 Å². The van der Waals surface area contributed by atoms with Gasteiger partial charge < -0.3 is 9.67 Å². The number of allylic oxidation sites excluding steroid dienone is 1. The third kappa shape index (κ3) is 3.62. The Morgan fingerprint density at radius 3 is 2.62 bits per heavy atom. The highest BCUT2D eigenvalue weighted by atomic mass is 32.1. The average molecular weight is 407 g/mol. The molecule has 0 unspecified atom stereocenters. The van der Waals surface area contributed by atoms with Crippen molar-refractivity contribution in [2.24, 2.45) is 10.8 Å². The maximum Gasteiger partial charge on any atom is 0.151 e. The number of hydrogen-bond donors (Lipinski definition) is 1. The molecular weight excluding hydrogens is 380 g/mol. The molecule has 2 bridgehead atoms. The normalized spacial score (nSPS) is 28.0. The molecule has 0 amide bonds. The second kappa shape index (κ2) is 6.80. The van der Waals surface area contributed by atoms with Crippen LogP contribution in [0.1, 0.15) is 57.4 Å². The molecule has 1 N–H and O–H groups in total. The van der Waals surface area contributed by atoms with E-state index in [-0.39, 0.29) is 5.75 Å². The van der Waals surface area contributed by atoms with Gasteiger partial charge in [-0.05, 0) is 61.1 Å². The number of phenols is 1. The molecule has 2 heterocycles. The van der Waals surface area contributed by atoms with Crippen LogP contribution in [-0.4, -0.2) is 24.9 Å². The van der Waals surface area contributed by atoms with Crippen molar-refractivity contribution in [2.45, 2.75) is 52.4 Å². The fraction of sp³-hybridized carbons (Fsp3) is 0.435. The largest absolute Gasteiger partial charge is 0.507 e. The Morgan fingerprint density at radius 2 is 1.93 bits per heavy atom. The van der Waals surface area contributed by atoms with Crippen LogP contribution >= 0.6 is 11.3 Å². The van der Waals surface area contributed by atoms with Crippen LogP contribution in [-0.2, 0) is 0 Å². The Bertz CT molecular complexity index is 1050. The standard InChI is InChI=1S/C23H26N4OS/c1-22-6-3-7-23(2,14-22)13-16(12-22)10-20-25-26-21(29-20)18-5-4-17(11-19(18)28)27-9-8-24-15-27/h4-5,8-11,15,28H,3,6-7,12-14H2,1-2H3/b16-10-/t22-,23+/m0/s1. The van der Waals surface area contributed by atoms with Crippen molar-refractivity contribution in [2.75, 3.05) is 0 Å². The summed E-state index contributed by atoms with van der Waals surface area (Å²) in [6.45, 7) is 4.89. The summed E-state index contributed by atoms with van der Waals surface area (Å²) >= 11 is 1.55. The molecule has 2 aliphatic rings. The Hall–Kier alpha value is -2.47. The van der Waals surface area contributed by atoms with Crippen LogP contribution in [0.5, 0.6) is 5.75 Å². The van der Waals surface area contributed by atoms with Gasteiger partial charge in [-0.1, -0.05) is 37.2 Å². The summed E-state index contributed by atoms with van der Waals surface area (Å²) in [5.74, 6) is 0.207. The van der Waals surface area contributed by atoms with Gasteiger partial charge in [-0.2, -0.15) is 0 Å². The second-order valence-electron chi connectivity index (χ2n) is 9.42. The van der Waals surface area contributed by atoms with E-state index in [9.17, 15) is 5.11 Å². The van der Waals surface area contributed by atoms with E-state index in [2.05, 4.69) is 35.1 Å². The number of fused-ring (bicyclic) bond motifs is 2. The van der Waals surface area contributed by atoms with Crippen molar-refractivity contribution in [3.05, 3.63) is 47.5 Å². The zero-order chi connectivity index (χ0) is 20.1. The summed E-state index contributed by atoms with van der Waals surface area (Å²) in [5, 5.41) is 21.0. The zero-order valence-corrected chi connectivity index (χ0v) is 17.7. The van der Waals surface area contributed by atoms with Crippen LogP contribution in [0.15, 0.2) is 42.5 Å². The number of aromatic hydroxyl groups is 1. The predicted molar refractivity (Wildman–Crippen MR) is 116 cm³/mol. The molecule has 0 saturated heterocycles. The molecule has 6 heteroatoms. The van der Waals surface area contributed by atoms with Gasteiger partial charge in [-0.15, -0.1) is 10.2 Å². The highest BCUT2D eigenvalue weighted by Crippen LogP contribution is 2.57. The van der Waals surface area contributed by atoms with Gasteiger partial charge in [0.05, 0.1) is 17.6 Å². The minimum atomic E-state index is 0.207. The Balaban J connectivity index is 1.41. The van der Waals surface area contributed by atoms with Crippen LogP contribution in [0, 0.1) is 10.8 Å². The Morgan fingerprint density at radius 1 is 1.14 bits per heavy atom. The molecule has 0 radical (unpaired) electrons. The highest BCUT2D eigenvalue weighted by Gasteiger charge is 2.44. The van der Waals surface area contributed by atoms with E-state index in [4.69, 9.17) is 0 Å². The lowest BCUT2D eigenvalue weighted by Crippen LogP contribution is -2.37. The van der Waals surface area contributed by atoms with Crippen LogP contribution in [0.3, 0.4) is 0 Å². The van der Waals surface area contributed by atoms with Gasteiger partial charge >= 0.3 is 0 Å². The topological polar surface area (TPSA) is 63.8 Å². The van der Waals surface area contributed by atoms with Crippen molar-refractivity contribution >= 4 is 17.4 Å². The van der Waals surface area contributed by atoms with Crippen molar-refractivity contribution in [1.82, 2.24) is 19.7 Å². The lowest BCUT2D eigenvalue weighted by atomic mass is 9.55. The summed E-state index contributed by atoms with van der Waals surface area (Å²) < 4.78 is 1.86. The maximum absolute atomic E-state index is 10.5. The van der Waals surface area contributed by atoms with Crippen molar-refractivity contribution in [1.29, 1.82) is 0 Å². The van der Waals surface area contributed by atoms with Gasteiger partial charge in [-0.3, -0.25) is 0 Å². The Kier molecular flexibility index (Phi) is 4.35. The summed E-state index contributed by atoms with van der Waals surface area (Å²) in [6.07, 6.45) is 15.2. The van der Waals surface area contributed by atoms with E-state index in [0.29, 0.717) is 10.8 Å². The Labute approximate surface area is 175 Å². The molecule has 0 aliphatic heterocycles. The first-order valence-corrected chi connectivity index (χ1v) is 11.1. The molecule has 2 saturated carbocycles. The van der Waals surface area contributed by atoms with E-state index in [1.54, 1.807) is 29.9 Å². The summed E-state index contributed by atoms with van der Waals surface area (Å²) in [5.41, 5.74) is 3.96. The van der Waals surface area contributed by atoms with Crippen LogP contribution in [0.25, 0.3) is 22.3 Å². The van der Waals surface area contributed by atoms with Gasteiger partial charge in [-0.25, -0.2) is 4.98 Å². The quantitative estimate of drug-likeness (QED) is 0.592. The fourth-order valence-corrected chi connectivity index (χ4v) is 6.43. The van der Waals surface area contributed by atoms with Crippen molar-refractivity contribution in [3.8, 4) is 22.0 Å². The second-order valence-corrected chi connectivity index (χ2v) is 10.4. The van der Waals surface area contributed by atoms with Crippen LogP contribution in [0.4, 0.5) is 0 Å². The first-order chi connectivity index (χ1) is 13.9. The summed E-state index contributed by atoms with van der Waals surface area (Å²) in [7, 11) is 0. The lowest BCUT2D eigenvalue weighted by Gasteiger charge is -2.50. The van der Waals surface area contributed by atoms with Gasteiger partial charge in [0.25, 0.3) is 0 Å². The van der Waals surface area contributed by atoms with Crippen LogP contribution in [0.2, 0.25) is 0 Å². The number of hydrogen-bond acceptors (Lipinski definition) is 5. The maximum atomic E-state index is 10.5. The SMILES string of the molecule is C[C@]12CCC[C@](C)(C/C(=C\c3nnc(-c4ccc(-n5ccnc5)cc4O)s3)C1)C2. The third-order valence-electron chi connectivity index (χ3n) is 6.50. The molecule has 150 valence electrons. The molecule has 2 atom stereocenters. The summed E-state index contributed by atoms with van der Waals surface area (Å²) in [6, 6.07) is 5.59. The molecule has 3 aromatic rings. The van der Waals surface area contributed by atoms with Gasteiger partial charge in [0.15, 0.2) is 5.01 Å². The first kappa shape index (κ1) is 18.6. The molecule has 0 spiro atoms. The molecule has 1 aromatic carbocycles. The molecule has 2 aliphatic carbocycles. The number of benzene rings is 1. The molecule has 29 heavy (non-hydrogen) atoms. The van der Waals surface area contributed by atoms with Crippen molar-refractivity contribution in [3.63, 3.8) is 0 Å². The van der Waals surface area contributed by atoms with Crippen LogP contribution < -0.4 is 0 Å². The fourth-order valence-electron chi connectivity index (χ4n) is 5.56. The van der Waals surface area contributed by atoms with Crippen molar-refractivity contribution < 1.29 is 5.11 Å². The van der Waals surface area contributed by atoms with Gasteiger partial charge in [0, 0.05) is 18.5 Å². The van der Waals surface area contributed by atoms with Gasteiger partial charge in [0.1, 0.15) is 10.8 Å². The molecule has 2 fully saturated rings. The highest BCUT2D eigenvalue weighted by molar-refractivity contribution is 7.15.